The molecule has 1 aliphatic heterocycles. The Labute approximate surface area is 172 Å². The molecule has 7 nitrogen and oxygen atoms in total. The number of halogens is 1. The number of nitriles is 1. The molecular formula is C22H19FN4O3. The molecule has 3 N–H and O–H groups in total. The minimum Gasteiger partial charge on any atom is -0.493 e. The molecule has 0 amide bonds. The summed E-state index contributed by atoms with van der Waals surface area (Å²) in [4.78, 5) is 0. The van der Waals surface area contributed by atoms with Gasteiger partial charge in [0.05, 0.1) is 30.9 Å². The van der Waals surface area contributed by atoms with E-state index in [1.807, 2.05) is 19.1 Å². The number of allylic oxidation sites excluding steroid dienone is 1. The molecule has 1 aliphatic rings. The highest BCUT2D eigenvalue weighted by molar-refractivity contribution is 5.72. The van der Waals surface area contributed by atoms with E-state index in [0.29, 0.717) is 34.9 Å². The Balaban J connectivity index is 1.89. The average molecular weight is 406 g/mol. The lowest BCUT2D eigenvalue weighted by Crippen LogP contribution is -2.21. The van der Waals surface area contributed by atoms with Crippen LogP contribution in [0, 0.1) is 17.1 Å². The van der Waals surface area contributed by atoms with Gasteiger partial charge in [-0.25, -0.2) is 4.39 Å². The zero-order chi connectivity index (χ0) is 21.3. The van der Waals surface area contributed by atoms with Gasteiger partial charge in [-0.05, 0) is 42.8 Å². The SMILES string of the molecule is CCOc1ccc(-c2[nH]nc3c2[C@H](c2ccc(F)cc2)C(C#N)=C(N)O3)cc1OC. The van der Waals surface area contributed by atoms with Crippen LogP contribution in [0.15, 0.2) is 53.9 Å². The number of aromatic nitrogens is 2. The minimum atomic E-state index is -0.564. The second-order valence-corrected chi connectivity index (χ2v) is 6.59. The molecule has 152 valence electrons. The molecule has 0 radical (unpaired) electrons. The zero-order valence-electron chi connectivity index (χ0n) is 16.4. The summed E-state index contributed by atoms with van der Waals surface area (Å²) < 4.78 is 30.1. The molecule has 0 saturated carbocycles. The Kier molecular flexibility index (Phi) is 5.02. The van der Waals surface area contributed by atoms with Gasteiger partial charge in [0, 0.05) is 5.56 Å². The molecule has 1 atom stereocenters. The van der Waals surface area contributed by atoms with E-state index in [2.05, 4.69) is 16.3 Å². The highest BCUT2D eigenvalue weighted by atomic mass is 19.1. The lowest BCUT2D eigenvalue weighted by Gasteiger charge is -2.24. The molecule has 0 unspecified atom stereocenters. The average Bonchev–Trinajstić information content (AvgIpc) is 3.17. The van der Waals surface area contributed by atoms with E-state index in [1.165, 1.54) is 12.1 Å². The van der Waals surface area contributed by atoms with Gasteiger partial charge in [0.2, 0.25) is 11.8 Å². The summed E-state index contributed by atoms with van der Waals surface area (Å²) in [6.07, 6.45) is 0. The summed E-state index contributed by atoms with van der Waals surface area (Å²) in [5, 5.41) is 17.0. The van der Waals surface area contributed by atoms with Crippen molar-refractivity contribution in [1.82, 2.24) is 10.2 Å². The molecule has 0 fully saturated rings. The molecule has 2 heterocycles. The predicted octanol–water partition coefficient (Wildman–Crippen LogP) is 3.84. The second kappa shape index (κ2) is 7.79. The van der Waals surface area contributed by atoms with E-state index in [0.717, 1.165) is 5.56 Å². The molecule has 1 aromatic heterocycles. The Morgan fingerprint density at radius 3 is 2.67 bits per heavy atom. The van der Waals surface area contributed by atoms with E-state index in [9.17, 15) is 9.65 Å². The molecule has 2 aromatic carbocycles. The third-order valence-electron chi connectivity index (χ3n) is 4.89. The van der Waals surface area contributed by atoms with Gasteiger partial charge in [-0.3, -0.25) is 5.10 Å². The largest absolute Gasteiger partial charge is 0.493 e. The molecule has 0 aliphatic carbocycles. The standard InChI is InChI=1S/C22H19FN4O3/c1-3-29-16-9-6-13(10-17(16)28-2)20-19-18(12-4-7-14(23)8-5-12)15(11-24)21(25)30-22(19)27-26-20/h4-10,18H,3,25H2,1-2H3,(H,26,27)/t18-/m1/s1. The molecule has 8 heteroatoms. The quantitative estimate of drug-likeness (QED) is 0.667. The predicted molar refractivity (Wildman–Crippen MR) is 107 cm³/mol. The molecular weight excluding hydrogens is 387 g/mol. The van der Waals surface area contributed by atoms with E-state index in [-0.39, 0.29) is 23.2 Å². The molecule has 0 saturated heterocycles. The van der Waals surface area contributed by atoms with Crippen molar-refractivity contribution in [2.45, 2.75) is 12.8 Å². The number of nitrogens with zero attached hydrogens (tertiary/aromatic N) is 2. The fourth-order valence-electron chi connectivity index (χ4n) is 3.55. The van der Waals surface area contributed by atoms with Gasteiger partial charge in [-0.1, -0.05) is 12.1 Å². The number of rotatable bonds is 5. The maximum absolute atomic E-state index is 13.5. The third-order valence-corrected chi connectivity index (χ3v) is 4.89. The number of benzene rings is 2. The van der Waals surface area contributed by atoms with Crippen LogP contribution in [-0.4, -0.2) is 23.9 Å². The minimum absolute atomic E-state index is 0.0263. The van der Waals surface area contributed by atoms with E-state index >= 15 is 0 Å². The molecule has 30 heavy (non-hydrogen) atoms. The van der Waals surface area contributed by atoms with Crippen molar-refractivity contribution in [1.29, 1.82) is 5.26 Å². The fourth-order valence-corrected chi connectivity index (χ4v) is 3.55. The van der Waals surface area contributed by atoms with Crippen LogP contribution in [0.3, 0.4) is 0 Å². The van der Waals surface area contributed by atoms with Crippen molar-refractivity contribution in [2.75, 3.05) is 13.7 Å². The van der Waals surface area contributed by atoms with Gasteiger partial charge in [-0.15, -0.1) is 5.10 Å². The first-order chi connectivity index (χ1) is 14.6. The second-order valence-electron chi connectivity index (χ2n) is 6.59. The van der Waals surface area contributed by atoms with Crippen molar-refractivity contribution in [2.24, 2.45) is 5.73 Å². The van der Waals surface area contributed by atoms with Crippen LogP contribution in [0.4, 0.5) is 4.39 Å². The number of nitrogens with two attached hydrogens (primary N) is 1. The Morgan fingerprint density at radius 2 is 2.00 bits per heavy atom. The lowest BCUT2D eigenvalue weighted by atomic mass is 9.83. The van der Waals surface area contributed by atoms with Crippen LogP contribution in [-0.2, 0) is 0 Å². The highest BCUT2D eigenvalue weighted by Gasteiger charge is 2.35. The summed E-state index contributed by atoms with van der Waals surface area (Å²) >= 11 is 0. The number of H-pyrrole nitrogens is 1. The van der Waals surface area contributed by atoms with Crippen LogP contribution >= 0.6 is 0 Å². The molecule has 4 rings (SSSR count). The normalized spacial score (nSPS) is 15.2. The van der Waals surface area contributed by atoms with Crippen LogP contribution < -0.4 is 19.9 Å². The van der Waals surface area contributed by atoms with Crippen molar-refractivity contribution in [3.05, 3.63) is 70.9 Å². The Bertz CT molecular complexity index is 1160. The van der Waals surface area contributed by atoms with Gasteiger partial charge in [0.15, 0.2) is 11.5 Å². The van der Waals surface area contributed by atoms with Gasteiger partial charge < -0.3 is 19.9 Å². The zero-order valence-corrected chi connectivity index (χ0v) is 16.4. The van der Waals surface area contributed by atoms with Crippen LogP contribution in [0.25, 0.3) is 11.3 Å². The van der Waals surface area contributed by atoms with Crippen molar-refractivity contribution < 1.29 is 18.6 Å². The number of methoxy groups -OCH3 is 1. The first kappa shape index (κ1) is 19.3. The number of aromatic amines is 1. The maximum Gasteiger partial charge on any atom is 0.244 e. The van der Waals surface area contributed by atoms with E-state index < -0.39 is 5.92 Å². The number of hydrogen-bond donors (Lipinski definition) is 2. The fraction of sp³-hybridized carbons (Fsp3) is 0.182. The number of ether oxygens (including phenoxy) is 3. The third kappa shape index (κ3) is 3.20. The first-order valence-electron chi connectivity index (χ1n) is 9.29. The van der Waals surface area contributed by atoms with Crippen LogP contribution in [0.1, 0.15) is 24.0 Å². The summed E-state index contributed by atoms with van der Waals surface area (Å²) in [7, 11) is 1.56. The maximum atomic E-state index is 13.5. The van der Waals surface area contributed by atoms with Gasteiger partial charge in [0.25, 0.3) is 0 Å². The van der Waals surface area contributed by atoms with Crippen molar-refractivity contribution >= 4 is 0 Å². The summed E-state index contributed by atoms with van der Waals surface area (Å²) in [6, 6.07) is 13.5. The monoisotopic (exact) mass is 406 g/mol. The van der Waals surface area contributed by atoms with Gasteiger partial charge >= 0.3 is 0 Å². The van der Waals surface area contributed by atoms with E-state index in [1.54, 1.807) is 25.3 Å². The lowest BCUT2D eigenvalue weighted by molar-refractivity contribution is 0.311. The first-order valence-corrected chi connectivity index (χ1v) is 9.29. The number of fused-ring (bicyclic) bond motifs is 1. The van der Waals surface area contributed by atoms with Gasteiger partial charge in [-0.2, -0.15) is 5.26 Å². The number of nitrogens with one attached hydrogen (secondary N) is 1. The molecule has 0 bridgehead atoms. The van der Waals surface area contributed by atoms with Crippen molar-refractivity contribution in [3.63, 3.8) is 0 Å². The van der Waals surface area contributed by atoms with Gasteiger partial charge in [0.1, 0.15) is 17.5 Å². The van der Waals surface area contributed by atoms with Crippen molar-refractivity contribution in [3.8, 4) is 34.7 Å². The topological polar surface area (TPSA) is 106 Å². The highest BCUT2D eigenvalue weighted by Crippen LogP contribution is 2.46. The molecule has 0 spiro atoms. The summed E-state index contributed by atoms with van der Waals surface area (Å²) in [5.41, 5.74) is 8.94. The summed E-state index contributed by atoms with van der Waals surface area (Å²) in [6.45, 7) is 2.40. The Hall–Kier alpha value is -3.99. The number of hydrogen-bond acceptors (Lipinski definition) is 6. The van der Waals surface area contributed by atoms with Crippen LogP contribution in [0.5, 0.6) is 17.4 Å². The summed E-state index contributed by atoms with van der Waals surface area (Å²) in [5.74, 6) is 0.481. The van der Waals surface area contributed by atoms with Crippen LogP contribution in [0.2, 0.25) is 0 Å². The Morgan fingerprint density at radius 1 is 1.23 bits per heavy atom. The smallest absolute Gasteiger partial charge is 0.244 e. The molecule has 3 aromatic rings. The van der Waals surface area contributed by atoms with E-state index in [4.69, 9.17) is 19.9 Å².